The van der Waals surface area contributed by atoms with E-state index < -0.39 is 33.8 Å². The molecule has 0 aromatic carbocycles. The second-order valence-corrected chi connectivity index (χ2v) is 26.1. The van der Waals surface area contributed by atoms with Gasteiger partial charge in [-0.1, -0.05) is 0 Å². The van der Waals surface area contributed by atoms with Crippen LogP contribution in [0.1, 0.15) is 6.92 Å². The van der Waals surface area contributed by atoms with Gasteiger partial charge in [-0.05, 0) is 78.7 Å². The van der Waals surface area contributed by atoms with Gasteiger partial charge in [0.15, 0.2) is 25.0 Å². The lowest BCUT2D eigenvalue weighted by atomic mass is 10.1. The average molecular weight is 396 g/mol. The zero-order valence-corrected chi connectivity index (χ0v) is 21.2. The summed E-state index contributed by atoms with van der Waals surface area (Å²) < 4.78 is 25.4. The van der Waals surface area contributed by atoms with Crippen molar-refractivity contribution in [3.05, 3.63) is 6.92 Å². The average Bonchev–Trinajstić information content (AvgIpc) is 2.19. The monoisotopic (exact) mass is 395 g/mol. The van der Waals surface area contributed by atoms with E-state index in [9.17, 15) is 0 Å². The van der Waals surface area contributed by atoms with Crippen LogP contribution >= 0.6 is 0 Å². The minimum Gasteiger partial charge on any atom is -0.417 e. The summed E-state index contributed by atoms with van der Waals surface area (Å²) >= 11 is 0. The fourth-order valence-electron chi connectivity index (χ4n) is 2.27. The van der Waals surface area contributed by atoms with Gasteiger partial charge in [-0.2, -0.15) is 0 Å². The van der Waals surface area contributed by atoms with E-state index in [0.29, 0.717) is 0 Å². The first-order chi connectivity index (χ1) is 9.99. The van der Waals surface area contributed by atoms with Crippen LogP contribution in [-0.2, 0) is 17.1 Å². The van der Waals surface area contributed by atoms with E-state index in [4.69, 9.17) is 17.1 Å². The summed E-state index contributed by atoms with van der Waals surface area (Å²) in [4.78, 5) is 0. The first kappa shape index (κ1) is 23.7. The number of hydrogen-bond acceptors (Lipinski definition) is 4. The highest BCUT2D eigenvalue weighted by atomic mass is 28.5. The Labute approximate surface area is 149 Å². The van der Waals surface area contributed by atoms with E-state index >= 15 is 0 Å². The maximum absolute atomic E-state index is 6.65. The standard InChI is InChI=1S/C15H39O4Si4/c1-14(15(2)16-3)13-23(17-20(4,5)6,18-21(7,8)9)19-22(10,11)12/h14-15H,1,13H2,2-12H3. The first-order valence-electron chi connectivity index (χ1n) is 8.45. The molecule has 8 heteroatoms. The molecular weight excluding hydrogens is 357 g/mol. The minimum atomic E-state index is -2.80. The lowest BCUT2D eigenvalue weighted by molar-refractivity contribution is 0.0828. The molecule has 4 nitrogen and oxygen atoms in total. The molecule has 0 rings (SSSR count). The first-order valence-corrected chi connectivity index (χ1v) is 20.6. The summed E-state index contributed by atoms with van der Waals surface area (Å²) in [6, 6.07) is 0.723. The highest BCUT2D eigenvalue weighted by Crippen LogP contribution is 2.32. The second kappa shape index (κ2) is 8.39. The Balaban J connectivity index is 5.71. The van der Waals surface area contributed by atoms with E-state index in [1.54, 1.807) is 7.11 Å². The fraction of sp³-hybridized carbons (Fsp3) is 0.933. The van der Waals surface area contributed by atoms with Crippen molar-refractivity contribution in [2.45, 2.75) is 78.0 Å². The van der Waals surface area contributed by atoms with E-state index in [1.807, 2.05) is 6.92 Å². The molecule has 0 fully saturated rings. The van der Waals surface area contributed by atoms with Crippen molar-refractivity contribution in [3.63, 3.8) is 0 Å². The summed E-state index contributed by atoms with van der Waals surface area (Å²) in [5.74, 6) is 0.0933. The van der Waals surface area contributed by atoms with Crippen molar-refractivity contribution >= 4 is 33.8 Å². The van der Waals surface area contributed by atoms with Crippen molar-refractivity contribution in [2.24, 2.45) is 5.92 Å². The van der Waals surface area contributed by atoms with Crippen molar-refractivity contribution in [2.75, 3.05) is 7.11 Å². The van der Waals surface area contributed by atoms with Gasteiger partial charge in [0.2, 0.25) is 0 Å². The van der Waals surface area contributed by atoms with Crippen LogP contribution in [-0.4, -0.2) is 47.0 Å². The third kappa shape index (κ3) is 11.0. The zero-order chi connectivity index (χ0) is 18.7. The zero-order valence-electron chi connectivity index (χ0n) is 17.2. The topological polar surface area (TPSA) is 36.9 Å². The Hall–Kier alpha value is 0.708. The van der Waals surface area contributed by atoms with Crippen LogP contribution in [0.4, 0.5) is 0 Å². The van der Waals surface area contributed by atoms with Crippen LogP contribution in [0.25, 0.3) is 0 Å². The highest BCUT2D eigenvalue weighted by molar-refractivity contribution is 6.90. The van der Waals surface area contributed by atoms with Crippen molar-refractivity contribution in [1.29, 1.82) is 0 Å². The molecule has 0 saturated carbocycles. The van der Waals surface area contributed by atoms with Gasteiger partial charge in [-0.15, -0.1) is 0 Å². The maximum Gasteiger partial charge on any atom is 0.469 e. The van der Waals surface area contributed by atoms with Gasteiger partial charge in [0.1, 0.15) is 0 Å². The lowest BCUT2D eigenvalue weighted by Gasteiger charge is -2.44. The predicted molar refractivity (Wildman–Crippen MR) is 109 cm³/mol. The molecule has 139 valence electrons. The van der Waals surface area contributed by atoms with Gasteiger partial charge in [-0.3, -0.25) is 0 Å². The van der Waals surface area contributed by atoms with Crippen molar-refractivity contribution in [1.82, 2.24) is 0 Å². The molecule has 23 heavy (non-hydrogen) atoms. The van der Waals surface area contributed by atoms with E-state index in [1.165, 1.54) is 0 Å². The maximum atomic E-state index is 6.65. The smallest absolute Gasteiger partial charge is 0.417 e. The number of hydrogen-bond donors (Lipinski definition) is 0. The number of rotatable bonds is 10. The van der Waals surface area contributed by atoms with Crippen LogP contribution in [0.5, 0.6) is 0 Å². The molecule has 0 aromatic heterocycles. The Morgan fingerprint density at radius 3 is 1.26 bits per heavy atom. The van der Waals surface area contributed by atoms with Crippen molar-refractivity contribution in [3.8, 4) is 0 Å². The van der Waals surface area contributed by atoms with Gasteiger partial charge in [0.25, 0.3) is 0 Å². The predicted octanol–water partition coefficient (Wildman–Crippen LogP) is 4.96. The molecule has 2 atom stereocenters. The third-order valence-corrected chi connectivity index (χ3v) is 15.0. The number of methoxy groups -OCH3 is 1. The molecule has 0 spiro atoms. The Morgan fingerprint density at radius 1 is 0.739 bits per heavy atom. The molecule has 0 N–H and O–H groups in total. The van der Waals surface area contributed by atoms with Gasteiger partial charge in [0, 0.05) is 13.2 Å². The molecule has 2 unspecified atom stereocenters. The summed E-state index contributed by atoms with van der Waals surface area (Å²) in [6.07, 6.45) is 0.0579. The van der Waals surface area contributed by atoms with Crippen LogP contribution < -0.4 is 0 Å². The van der Waals surface area contributed by atoms with Crippen molar-refractivity contribution < 1.29 is 17.1 Å². The molecule has 0 aliphatic carbocycles. The molecule has 0 amide bonds. The normalized spacial score (nSPS) is 17.2. The van der Waals surface area contributed by atoms with E-state index in [-0.39, 0.29) is 12.0 Å². The summed E-state index contributed by atoms with van der Waals surface area (Å²) in [5.41, 5.74) is 0. The third-order valence-electron chi connectivity index (χ3n) is 2.93. The fourth-order valence-corrected chi connectivity index (χ4v) is 17.1. The van der Waals surface area contributed by atoms with Crippen LogP contribution in [0.3, 0.4) is 0 Å². The molecule has 1 radical (unpaired) electrons. The van der Waals surface area contributed by atoms with Crippen LogP contribution in [0.2, 0.25) is 65.0 Å². The Kier molecular flexibility index (Phi) is 8.65. The molecule has 0 heterocycles. The van der Waals surface area contributed by atoms with Gasteiger partial charge in [-0.25, -0.2) is 0 Å². The molecule has 0 saturated heterocycles. The van der Waals surface area contributed by atoms with Crippen LogP contribution in [0.15, 0.2) is 0 Å². The highest BCUT2D eigenvalue weighted by Gasteiger charge is 2.51. The Bertz CT molecular complexity index is 317. The quantitative estimate of drug-likeness (QED) is 0.490. The molecule has 0 bridgehead atoms. The lowest BCUT2D eigenvalue weighted by Crippen LogP contribution is -2.61. The number of ether oxygens (including phenoxy) is 1. The molecule has 0 aromatic rings. The molecule has 0 aliphatic heterocycles. The summed E-state index contributed by atoms with van der Waals surface area (Å²) in [6.45, 7) is 26.2. The molecular formula is C15H39O4Si4. The van der Waals surface area contributed by atoms with E-state index in [0.717, 1.165) is 6.04 Å². The SMILES string of the molecule is [CH2]C(C[Si](O[Si](C)(C)C)(O[Si](C)(C)C)O[Si](C)(C)C)C(C)OC. The Morgan fingerprint density at radius 2 is 1.04 bits per heavy atom. The van der Waals surface area contributed by atoms with Gasteiger partial charge in [0.05, 0.1) is 6.10 Å². The van der Waals surface area contributed by atoms with Crippen LogP contribution in [0, 0.1) is 12.8 Å². The second-order valence-electron chi connectivity index (χ2n) is 9.23. The molecule has 0 aliphatic rings. The van der Waals surface area contributed by atoms with E-state index in [2.05, 4.69) is 65.8 Å². The summed E-state index contributed by atoms with van der Waals surface area (Å²) in [7, 11) is -6.52. The largest absolute Gasteiger partial charge is 0.469 e. The van der Waals surface area contributed by atoms with Gasteiger partial charge < -0.3 is 17.1 Å². The summed E-state index contributed by atoms with van der Waals surface area (Å²) in [5, 5.41) is 0. The van der Waals surface area contributed by atoms with Gasteiger partial charge >= 0.3 is 8.80 Å². The minimum absolute atomic E-state index is 0.0579.